The van der Waals surface area contributed by atoms with Crippen LogP contribution in [-0.2, 0) is 16.1 Å². The quantitative estimate of drug-likeness (QED) is 0.368. The van der Waals surface area contributed by atoms with Crippen molar-refractivity contribution in [2.75, 3.05) is 6.61 Å². The van der Waals surface area contributed by atoms with E-state index in [0.29, 0.717) is 24.9 Å². The predicted molar refractivity (Wildman–Crippen MR) is 74.0 cm³/mol. The molecule has 1 heterocycles. The Morgan fingerprint density at radius 2 is 2.10 bits per heavy atom. The minimum Gasteiger partial charge on any atom is -0.479 e. The lowest BCUT2D eigenvalue weighted by atomic mass is 10.3. The largest absolute Gasteiger partial charge is 0.479 e. The minimum absolute atomic E-state index is 0.0218. The normalized spacial score (nSPS) is 12.6. The van der Waals surface area contributed by atoms with E-state index in [4.69, 9.17) is 19.6 Å². The zero-order chi connectivity index (χ0) is 16.0. The lowest BCUT2D eigenvalue weighted by molar-refractivity contribution is -0.145. The smallest absolute Gasteiger partial charge is 0.342 e. The highest BCUT2D eigenvalue weighted by Gasteiger charge is 2.26. The summed E-state index contributed by atoms with van der Waals surface area (Å²) in [6.07, 6.45) is 2.38. The molecule has 1 rings (SSSR count). The summed E-state index contributed by atoms with van der Waals surface area (Å²) in [5.41, 5.74) is -0.518. The van der Waals surface area contributed by atoms with Gasteiger partial charge in [-0.25, -0.2) is 9.59 Å². The zero-order valence-electron chi connectivity index (χ0n) is 11.4. The number of aryl methyl sites for hydroxylation is 2. The second kappa shape index (κ2) is 8.04. The van der Waals surface area contributed by atoms with Crippen molar-refractivity contribution < 1.29 is 24.4 Å². The summed E-state index contributed by atoms with van der Waals surface area (Å²) in [6.45, 7) is 1.94. The van der Waals surface area contributed by atoms with E-state index >= 15 is 0 Å². The number of aromatic amines is 1. The molecule has 0 aliphatic heterocycles. The van der Waals surface area contributed by atoms with Gasteiger partial charge in [-0.1, -0.05) is 0 Å². The molecule has 9 nitrogen and oxygen atoms in total. The van der Waals surface area contributed by atoms with Gasteiger partial charge < -0.3 is 24.2 Å². The second-order valence-electron chi connectivity index (χ2n) is 4.35. The molecule has 21 heavy (non-hydrogen) atoms. The van der Waals surface area contributed by atoms with Gasteiger partial charge in [0.15, 0.2) is 0 Å². The number of ether oxygens (including phenoxy) is 1. The van der Waals surface area contributed by atoms with Crippen molar-refractivity contribution in [1.29, 1.82) is 0 Å². The maximum Gasteiger partial charge on any atom is 0.342 e. The third-order valence-corrected chi connectivity index (χ3v) is 3.47. The van der Waals surface area contributed by atoms with E-state index in [0.717, 1.165) is 0 Å². The van der Waals surface area contributed by atoms with Crippen LogP contribution < -0.4 is 11.2 Å². The Bertz CT molecular complexity index is 595. The Balaban J connectivity index is 2.41. The number of carboxylic acid groups (broad SMARTS) is 1. The molecule has 10 heteroatoms. The minimum atomic E-state index is -2.70. The van der Waals surface area contributed by atoms with E-state index in [9.17, 15) is 14.4 Å². The van der Waals surface area contributed by atoms with Crippen molar-refractivity contribution in [3.8, 4) is 0 Å². The number of nitrogens with zero attached hydrogens (tertiary/aromatic N) is 1. The highest BCUT2D eigenvalue weighted by molar-refractivity contribution is 7.46. The molecule has 0 saturated heterocycles. The topological polar surface area (TPSA) is 142 Å². The molecule has 0 radical (unpaired) electrons. The van der Waals surface area contributed by atoms with Gasteiger partial charge in [-0.15, -0.1) is 0 Å². The van der Waals surface area contributed by atoms with Crippen molar-refractivity contribution in [3.63, 3.8) is 0 Å². The van der Waals surface area contributed by atoms with Gasteiger partial charge in [0.25, 0.3) is 5.56 Å². The van der Waals surface area contributed by atoms with Crippen LogP contribution >= 0.6 is 8.38 Å². The average Bonchev–Trinajstić information content (AvgIpc) is 2.38. The van der Waals surface area contributed by atoms with Crippen molar-refractivity contribution in [3.05, 3.63) is 32.6 Å². The van der Waals surface area contributed by atoms with Crippen molar-refractivity contribution in [2.24, 2.45) is 0 Å². The van der Waals surface area contributed by atoms with E-state index in [1.54, 1.807) is 6.92 Å². The van der Waals surface area contributed by atoms with Gasteiger partial charge >= 0.3 is 11.7 Å². The van der Waals surface area contributed by atoms with Gasteiger partial charge in [0, 0.05) is 24.9 Å². The number of carboxylic acids is 1. The number of aromatic nitrogens is 2. The summed E-state index contributed by atoms with van der Waals surface area (Å²) in [4.78, 5) is 53.2. The lowest BCUT2D eigenvalue weighted by Gasteiger charge is -2.14. The van der Waals surface area contributed by atoms with Crippen molar-refractivity contribution in [1.82, 2.24) is 9.55 Å². The Hall–Kier alpha value is -1.54. The summed E-state index contributed by atoms with van der Waals surface area (Å²) >= 11 is 0. The Morgan fingerprint density at radius 3 is 2.67 bits per heavy atom. The second-order valence-corrected chi connectivity index (χ2v) is 5.46. The Morgan fingerprint density at radius 1 is 1.43 bits per heavy atom. The van der Waals surface area contributed by atoms with E-state index in [-0.39, 0.29) is 6.61 Å². The van der Waals surface area contributed by atoms with Crippen LogP contribution in [0.3, 0.4) is 0 Å². The summed E-state index contributed by atoms with van der Waals surface area (Å²) < 4.78 is 6.20. The van der Waals surface area contributed by atoms with Gasteiger partial charge in [-0.2, -0.15) is 0 Å². The molecule has 4 N–H and O–H groups in total. The van der Waals surface area contributed by atoms with Crippen LogP contribution in [-0.4, -0.2) is 42.9 Å². The lowest BCUT2D eigenvalue weighted by Crippen LogP contribution is -2.30. The van der Waals surface area contributed by atoms with Crippen LogP contribution in [0.15, 0.2) is 15.8 Å². The fourth-order valence-electron chi connectivity index (χ4n) is 1.60. The number of H-pyrrole nitrogens is 1. The number of carbonyl (C=O) groups is 1. The fourth-order valence-corrected chi connectivity index (χ4v) is 2.04. The van der Waals surface area contributed by atoms with Gasteiger partial charge in [-0.3, -0.25) is 9.78 Å². The Kier molecular flexibility index (Phi) is 6.70. The molecule has 1 atom stereocenters. The molecule has 0 amide bonds. The summed E-state index contributed by atoms with van der Waals surface area (Å²) in [7, 11) is -2.70. The first-order valence-electron chi connectivity index (χ1n) is 6.14. The molecule has 0 aliphatic carbocycles. The van der Waals surface area contributed by atoms with Crippen LogP contribution in [0.2, 0.25) is 0 Å². The average molecular weight is 320 g/mol. The van der Waals surface area contributed by atoms with Crippen LogP contribution in [0.4, 0.5) is 0 Å². The molecule has 1 aromatic heterocycles. The molecule has 0 spiro atoms. The van der Waals surface area contributed by atoms with E-state index in [1.807, 2.05) is 0 Å². The van der Waals surface area contributed by atoms with Gasteiger partial charge in [0.2, 0.25) is 14.2 Å². The van der Waals surface area contributed by atoms with Crippen LogP contribution in [0, 0.1) is 6.92 Å². The third kappa shape index (κ3) is 5.39. The van der Waals surface area contributed by atoms with Crippen LogP contribution in [0.25, 0.3) is 0 Å². The van der Waals surface area contributed by atoms with Crippen LogP contribution in [0.1, 0.15) is 18.4 Å². The predicted octanol–water partition coefficient (Wildman–Crippen LogP) is -0.651. The zero-order valence-corrected chi connectivity index (χ0v) is 12.2. The number of hydrogen-bond acceptors (Lipinski definition) is 6. The number of nitrogens with one attached hydrogen (secondary N) is 1. The first-order chi connectivity index (χ1) is 9.82. The summed E-state index contributed by atoms with van der Waals surface area (Å²) in [5, 5.41) is 8.66. The highest BCUT2D eigenvalue weighted by atomic mass is 31.2. The Labute approximate surface area is 120 Å². The fraction of sp³-hybridized carbons (Fsp3) is 0.545. The van der Waals surface area contributed by atoms with E-state index in [1.165, 1.54) is 10.8 Å². The molecule has 0 fully saturated rings. The molecule has 1 aromatic rings. The first-order valence-corrected chi connectivity index (χ1v) is 7.46. The SMILES string of the molecule is Cc1cn(CCCCOC(C(=O)O)P(O)O)c(=O)[nH]c1=O. The van der Waals surface area contributed by atoms with E-state index in [2.05, 4.69) is 4.98 Å². The molecule has 0 aromatic carbocycles. The molecular weight excluding hydrogens is 303 g/mol. The number of unbranched alkanes of at least 4 members (excludes halogenated alkanes) is 1. The van der Waals surface area contributed by atoms with Crippen molar-refractivity contribution in [2.45, 2.75) is 32.2 Å². The van der Waals surface area contributed by atoms with Crippen molar-refractivity contribution >= 4 is 14.3 Å². The summed E-state index contributed by atoms with van der Waals surface area (Å²) in [6, 6.07) is 0. The maximum atomic E-state index is 11.5. The van der Waals surface area contributed by atoms with Crippen LogP contribution in [0.5, 0.6) is 0 Å². The van der Waals surface area contributed by atoms with Gasteiger partial charge in [-0.05, 0) is 19.8 Å². The van der Waals surface area contributed by atoms with Gasteiger partial charge in [0.1, 0.15) is 0 Å². The molecule has 118 valence electrons. The summed E-state index contributed by atoms with van der Waals surface area (Å²) in [5.74, 6) is -3.06. The first kappa shape index (κ1) is 17.5. The third-order valence-electron chi connectivity index (χ3n) is 2.68. The van der Waals surface area contributed by atoms with E-state index < -0.39 is 31.4 Å². The molecule has 0 bridgehead atoms. The maximum absolute atomic E-state index is 11.5. The van der Waals surface area contributed by atoms with Gasteiger partial charge in [0.05, 0.1) is 0 Å². The number of hydrogen-bond donors (Lipinski definition) is 4. The number of rotatable bonds is 8. The molecular formula is C11H17N2O7P. The standard InChI is InChI=1S/C11H17N2O7P/c1-7-6-13(11(17)12-8(7)14)4-2-3-5-20-10(9(15)16)21(18)19/h6,10,18-19H,2-5H2,1H3,(H,15,16)(H,12,14,17). The molecule has 0 saturated carbocycles. The number of aliphatic carboxylic acids is 1. The molecule has 1 unspecified atom stereocenters. The monoisotopic (exact) mass is 320 g/mol. The molecule has 0 aliphatic rings. The highest BCUT2D eigenvalue weighted by Crippen LogP contribution is 2.31.